The number of carboxylic acid groups (broad SMARTS) is 4. The zero-order valence-corrected chi connectivity index (χ0v) is 31.5. The van der Waals surface area contributed by atoms with Crippen LogP contribution < -0.4 is 10.1 Å². The number of benzene rings is 2. The van der Waals surface area contributed by atoms with Gasteiger partial charge in [0.25, 0.3) is 0 Å². The fraction of sp³-hybridized carbons (Fsp3) is 0.393. The number of halogens is 4. The van der Waals surface area contributed by atoms with Crippen LogP contribution in [-0.4, -0.2) is 50.2 Å². The van der Waals surface area contributed by atoms with E-state index in [0.29, 0.717) is 18.6 Å². The van der Waals surface area contributed by atoms with E-state index in [9.17, 15) is 44.4 Å². The minimum absolute atomic E-state index is 0.169. The van der Waals surface area contributed by atoms with Crippen molar-refractivity contribution < 1.29 is 49.1 Å². The van der Waals surface area contributed by atoms with Crippen LogP contribution in [0.1, 0.15) is 51.1 Å². The normalized spacial score (nSPS) is 14.6. The molecule has 43 heavy (non-hydrogen) atoms. The van der Waals surface area contributed by atoms with Gasteiger partial charge in [-0.05, 0) is 152 Å². The monoisotopic (exact) mass is 1050 g/mol. The van der Waals surface area contributed by atoms with E-state index in [1.807, 2.05) is 63.4 Å². The number of aliphatic carboxylic acids is 4. The van der Waals surface area contributed by atoms with Gasteiger partial charge < -0.3 is 30.5 Å². The Labute approximate surface area is 302 Å². The lowest BCUT2D eigenvalue weighted by Gasteiger charge is -2.25. The van der Waals surface area contributed by atoms with Crippen LogP contribution in [0.3, 0.4) is 0 Å². The summed E-state index contributed by atoms with van der Waals surface area (Å²) in [5.41, 5.74) is 0.232. The van der Waals surface area contributed by atoms with Gasteiger partial charge in [0.15, 0.2) is 11.8 Å². The van der Waals surface area contributed by atoms with E-state index in [1.165, 1.54) is 6.92 Å². The summed E-state index contributed by atoms with van der Waals surface area (Å²) in [7, 11) is 0. The second-order valence-electron chi connectivity index (χ2n) is 9.92. The molecule has 2 rings (SSSR count). The largest absolute Gasteiger partial charge is 0.481 e. The summed E-state index contributed by atoms with van der Waals surface area (Å²) in [6, 6.07) is 7.27. The summed E-state index contributed by atoms with van der Waals surface area (Å²) in [6.45, 7) is 2.96. The number of carboxylic acids is 4. The van der Waals surface area contributed by atoms with Crippen molar-refractivity contribution in [2.24, 2.45) is 23.7 Å². The van der Waals surface area contributed by atoms with Crippen LogP contribution in [0.15, 0.2) is 30.3 Å². The molecule has 0 aliphatic rings. The zero-order chi connectivity index (χ0) is 32.6. The first kappa shape index (κ1) is 37.7. The first-order valence-electron chi connectivity index (χ1n) is 12.9. The minimum Gasteiger partial charge on any atom is -0.481 e. The van der Waals surface area contributed by atoms with Crippen molar-refractivity contribution in [3.63, 3.8) is 0 Å². The smallest absolute Gasteiger partial charge is 0.330 e. The molecule has 1 amide bonds. The number of hydrogen-bond acceptors (Lipinski definition) is 6. The number of amides is 1. The highest BCUT2D eigenvalue weighted by Crippen LogP contribution is 2.36. The van der Waals surface area contributed by atoms with Crippen LogP contribution in [0.25, 0.3) is 0 Å². The first-order chi connectivity index (χ1) is 20.0. The van der Waals surface area contributed by atoms with E-state index < -0.39 is 59.5 Å². The molecule has 0 aromatic heterocycles. The molecule has 5 unspecified atom stereocenters. The number of ether oxygens (including phenoxy) is 1. The fourth-order valence-electron chi connectivity index (χ4n) is 4.36. The summed E-state index contributed by atoms with van der Waals surface area (Å²) in [4.78, 5) is 61.0. The molecule has 0 saturated carbocycles. The minimum atomic E-state index is -1.53. The lowest BCUT2D eigenvalue weighted by molar-refractivity contribution is -0.147. The third-order valence-corrected chi connectivity index (χ3v) is 9.55. The van der Waals surface area contributed by atoms with Gasteiger partial charge in [0.1, 0.15) is 5.75 Å². The molecule has 234 valence electrons. The predicted octanol–water partition coefficient (Wildman–Crippen LogP) is 6.46. The second-order valence-corrected chi connectivity index (χ2v) is 14.7. The number of carbonyl (C=O) groups excluding carboxylic acids is 1. The van der Waals surface area contributed by atoms with Gasteiger partial charge in [-0.3, -0.25) is 19.2 Å². The Kier molecular flexibility index (Phi) is 15.1. The van der Waals surface area contributed by atoms with Crippen molar-refractivity contribution in [1.29, 1.82) is 0 Å². The summed E-state index contributed by atoms with van der Waals surface area (Å²) in [5.74, 6) is -9.30. The third kappa shape index (κ3) is 11.4. The molecular formula is C28H29I4NO10. The number of nitrogens with one attached hydrogen (secondary N) is 1. The zero-order valence-electron chi connectivity index (χ0n) is 22.9. The molecule has 0 heterocycles. The van der Waals surface area contributed by atoms with Gasteiger partial charge in [-0.1, -0.05) is 13.8 Å². The number of rotatable bonds is 16. The molecule has 0 bridgehead atoms. The van der Waals surface area contributed by atoms with Crippen LogP contribution in [0.2, 0.25) is 0 Å². The average molecular weight is 1050 g/mol. The molecule has 0 saturated heterocycles. The second kappa shape index (κ2) is 17.3. The fourth-order valence-corrected chi connectivity index (χ4v) is 8.28. The molecule has 0 aliphatic heterocycles. The van der Waals surface area contributed by atoms with Gasteiger partial charge in [0.05, 0.1) is 24.9 Å². The Bertz CT molecular complexity index is 1340. The van der Waals surface area contributed by atoms with Crippen LogP contribution >= 0.6 is 90.4 Å². The van der Waals surface area contributed by atoms with Gasteiger partial charge in [-0.2, -0.15) is 0 Å². The number of hydrogen-bond donors (Lipinski definition) is 5. The molecule has 5 atom stereocenters. The molecule has 15 heteroatoms. The third-order valence-electron chi connectivity index (χ3n) is 6.70. The van der Waals surface area contributed by atoms with Crippen LogP contribution in [0, 0.1) is 38.0 Å². The molecule has 0 fully saturated rings. The lowest BCUT2D eigenvalue weighted by atomic mass is 9.82. The van der Waals surface area contributed by atoms with Crippen molar-refractivity contribution in [2.45, 2.75) is 45.6 Å². The predicted molar refractivity (Wildman–Crippen MR) is 189 cm³/mol. The Balaban J connectivity index is 2.39. The topological polar surface area (TPSA) is 188 Å². The van der Waals surface area contributed by atoms with Crippen LogP contribution in [0.4, 0.5) is 0 Å². The highest BCUT2D eigenvalue weighted by atomic mass is 127. The Hall–Kier alpha value is -1.49. The molecular weight excluding hydrogens is 1020 g/mol. The highest BCUT2D eigenvalue weighted by Gasteiger charge is 2.35. The standard InChI is InChI=1S/C28H29I4NO10/c1-3-13(26(37)38)5-16(27(39)40)6-15(4-12(2)25(35)36)24(34)33-22(28(41)42)14-7-20(31)23(21(32)8-14)43-19-10-17(29)9-18(30)11-19/h7-13,15-16,22H,3-6H2,1-2H3,(H,33,34)(H,35,36)(H,37,38)(H,39,40)(H,41,42). The van der Waals surface area contributed by atoms with Gasteiger partial charge >= 0.3 is 23.9 Å². The van der Waals surface area contributed by atoms with Crippen molar-refractivity contribution in [1.82, 2.24) is 5.32 Å². The average Bonchev–Trinajstić information content (AvgIpc) is 2.89. The summed E-state index contributed by atoms with van der Waals surface area (Å²) in [6.07, 6.45) is -0.711. The van der Waals surface area contributed by atoms with Crippen molar-refractivity contribution in [2.75, 3.05) is 0 Å². The SMILES string of the molecule is CCC(CC(CC(CC(C)C(=O)O)C(=O)NC(C(=O)O)c1cc(I)c(Oc2cc(I)cc(I)c2)c(I)c1)C(=O)O)C(=O)O. The van der Waals surface area contributed by atoms with E-state index in [0.717, 1.165) is 7.14 Å². The Morgan fingerprint density at radius 2 is 1.23 bits per heavy atom. The molecule has 5 N–H and O–H groups in total. The van der Waals surface area contributed by atoms with E-state index in [1.54, 1.807) is 19.1 Å². The van der Waals surface area contributed by atoms with Crippen LogP contribution in [-0.2, 0) is 24.0 Å². The molecule has 11 nitrogen and oxygen atoms in total. The van der Waals surface area contributed by atoms with E-state index in [4.69, 9.17) is 4.74 Å². The van der Waals surface area contributed by atoms with Gasteiger partial charge in [0.2, 0.25) is 5.91 Å². The van der Waals surface area contributed by atoms with Crippen molar-refractivity contribution in [3.05, 3.63) is 50.2 Å². The van der Waals surface area contributed by atoms with Crippen LogP contribution in [0.5, 0.6) is 11.5 Å². The molecule has 0 radical (unpaired) electrons. The quantitative estimate of drug-likeness (QED) is 0.117. The lowest BCUT2D eigenvalue weighted by Crippen LogP contribution is -2.40. The summed E-state index contributed by atoms with van der Waals surface area (Å²) < 4.78 is 9.20. The maximum absolute atomic E-state index is 13.5. The Morgan fingerprint density at radius 3 is 1.67 bits per heavy atom. The molecule has 2 aromatic carbocycles. The highest BCUT2D eigenvalue weighted by molar-refractivity contribution is 14.1. The van der Waals surface area contributed by atoms with Gasteiger partial charge in [-0.25, -0.2) is 4.79 Å². The van der Waals surface area contributed by atoms with E-state index in [-0.39, 0.29) is 31.2 Å². The summed E-state index contributed by atoms with van der Waals surface area (Å²) >= 11 is 8.37. The molecule has 0 aliphatic carbocycles. The molecule has 2 aromatic rings. The Morgan fingerprint density at radius 1 is 0.721 bits per heavy atom. The maximum Gasteiger partial charge on any atom is 0.330 e. The first-order valence-corrected chi connectivity index (χ1v) is 17.2. The van der Waals surface area contributed by atoms with Crippen molar-refractivity contribution >= 4 is 120 Å². The van der Waals surface area contributed by atoms with Crippen molar-refractivity contribution in [3.8, 4) is 11.5 Å². The van der Waals surface area contributed by atoms with E-state index in [2.05, 4.69) is 50.5 Å². The maximum atomic E-state index is 13.5. The summed E-state index contributed by atoms with van der Waals surface area (Å²) in [5, 5.41) is 41.2. The van der Waals surface area contributed by atoms with E-state index >= 15 is 0 Å². The molecule has 0 spiro atoms. The number of carbonyl (C=O) groups is 5. The van der Waals surface area contributed by atoms with Gasteiger partial charge in [-0.15, -0.1) is 0 Å². The van der Waals surface area contributed by atoms with Gasteiger partial charge in [0, 0.05) is 13.1 Å².